The second kappa shape index (κ2) is 8.22. The van der Waals surface area contributed by atoms with Crippen molar-refractivity contribution >= 4 is 22.4 Å². The lowest BCUT2D eigenvalue weighted by Gasteiger charge is -2.13. The zero-order valence-electron chi connectivity index (χ0n) is 15.0. The van der Waals surface area contributed by atoms with Crippen LogP contribution in [-0.2, 0) is 0 Å². The number of fused-ring (bicyclic) bond motifs is 1. The van der Waals surface area contributed by atoms with E-state index < -0.39 is 0 Å². The molecule has 3 aromatic carbocycles. The van der Waals surface area contributed by atoms with Crippen LogP contribution in [0.3, 0.4) is 0 Å². The highest BCUT2D eigenvalue weighted by Gasteiger charge is 2.10. The molecule has 26 heavy (non-hydrogen) atoms. The predicted octanol–water partition coefficient (Wildman–Crippen LogP) is 5.70. The molecule has 0 saturated heterocycles. The minimum absolute atomic E-state index is 0.560. The molecule has 0 aliphatic rings. The second-order valence-electron chi connectivity index (χ2n) is 5.76. The van der Waals surface area contributed by atoms with E-state index in [1.807, 2.05) is 80.6 Å². The van der Waals surface area contributed by atoms with Crippen molar-refractivity contribution in [2.24, 2.45) is 0 Å². The zero-order chi connectivity index (χ0) is 18.4. The van der Waals surface area contributed by atoms with Crippen molar-refractivity contribution in [1.82, 2.24) is 0 Å². The number of allylic oxidation sites excluding steroid dienone is 1. The van der Waals surface area contributed by atoms with Crippen LogP contribution in [0, 0.1) is 11.3 Å². The Balaban J connectivity index is 2.23. The fourth-order valence-electron chi connectivity index (χ4n) is 2.93. The minimum atomic E-state index is 0.560. The Morgan fingerprint density at radius 2 is 1.69 bits per heavy atom. The molecule has 0 bridgehead atoms. The molecule has 130 valence electrons. The van der Waals surface area contributed by atoms with E-state index >= 15 is 0 Å². The van der Waals surface area contributed by atoms with E-state index in [-0.39, 0.29) is 0 Å². The summed E-state index contributed by atoms with van der Waals surface area (Å²) in [6.45, 7) is 5.08. The van der Waals surface area contributed by atoms with Crippen molar-refractivity contribution in [1.29, 1.82) is 5.26 Å². The van der Waals surface area contributed by atoms with E-state index in [4.69, 9.17) is 9.47 Å². The Morgan fingerprint density at radius 1 is 0.962 bits per heavy atom. The van der Waals surface area contributed by atoms with Gasteiger partial charge >= 0.3 is 0 Å². The smallest absolute Gasteiger partial charge is 0.127 e. The van der Waals surface area contributed by atoms with Crippen LogP contribution < -0.4 is 9.47 Å². The Hall–Kier alpha value is -3.25. The monoisotopic (exact) mass is 343 g/mol. The third-order valence-electron chi connectivity index (χ3n) is 4.10. The van der Waals surface area contributed by atoms with E-state index in [2.05, 4.69) is 6.07 Å². The first-order chi connectivity index (χ1) is 12.8. The number of ether oxygens (including phenoxy) is 2. The number of hydrogen-bond donors (Lipinski definition) is 0. The Kier molecular flexibility index (Phi) is 5.56. The average molecular weight is 343 g/mol. The standard InChI is InChI=1S/C23H21NO2/c1-3-25-20-12-10-18-11-13-23(26-4-2)22(21(18)15-20)14-19(16-24)17-8-6-5-7-9-17/h5-15H,3-4H2,1-2H3/b19-14+. The minimum Gasteiger partial charge on any atom is -0.494 e. The highest BCUT2D eigenvalue weighted by atomic mass is 16.5. The van der Waals surface area contributed by atoms with Gasteiger partial charge in [0, 0.05) is 5.56 Å². The summed E-state index contributed by atoms with van der Waals surface area (Å²) >= 11 is 0. The highest BCUT2D eigenvalue weighted by molar-refractivity contribution is 6.00. The van der Waals surface area contributed by atoms with Gasteiger partial charge in [-0.15, -0.1) is 0 Å². The molecule has 0 amide bonds. The van der Waals surface area contributed by atoms with Gasteiger partial charge in [-0.3, -0.25) is 0 Å². The molecule has 0 atom stereocenters. The van der Waals surface area contributed by atoms with E-state index in [0.29, 0.717) is 18.8 Å². The molecule has 0 unspecified atom stereocenters. The van der Waals surface area contributed by atoms with Crippen molar-refractivity contribution in [3.8, 4) is 17.6 Å². The first-order valence-corrected chi connectivity index (χ1v) is 8.76. The van der Waals surface area contributed by atoms with E-state index in [1.54, 1.807) is 0 Å². The summed E-state index contributed by atoms with van der Waals surface area (Å²) in [6, 6.07) is 22.0. The lowest BCUT2D eigenvalue weighted by molar-refractivity contribution is 0.339. The maximum atomic E-state index is 9.69. The molecule has 0 spiro atoms. The number of hydrogen-bond acceptors (Lipinski definition) is 3. The van der Waals surface area contributed by atoms with Gasteiger partial charge in [0.2, 0.25) is 0 Å². The van der Waals surface area contributed by atoms with Gasteiger partial charge in [0.05, 0.1) is 24.9 Å². The molecule has 3 rings (SSSR count). The summed E-state index contributed by atoms with van der Waals surface area (Å²) in [5, 5.41) is 11.8. The summed E-state index contributed by atoms with van der Waals surface area (Å²) in [4.78, 5) is 0. The summed E-state index contributed by atoms with van der Waals surface area (Å²) in [6.07, 6.45) is 1.90. The first-order valence-electron chi connectivity index (χ1n) is 8.76. The molecular formula is C23H21NO2. The molecule has 0 heterocycles. The van der Waals surface area contributed by atoms with Crippen molar-refractivity contribution in [2.75, 3.05) is 13.2 Å². The Morgan fingerprint density at radius 3 is 2.38 bits per heavy atom. The number of benzene rings is 3. The van der Waals surface area contributed by atoms with Gasteiger partial charge < -0.3 is 9.47 Å². The van der Waals surface area contributed by atoms with Gasteiger partial charge in [-0.1, -0.05) is 42.5 Å². The van der Waals surface area contributed by atoms with Crippen molar-refractivity contribution < 1.29 is 9.47 Å². The van der Waals surface area contributed by atoms with E-state index in [1.165, 1.54) is 0 Å². The lowest BCUT2D eigenvalue weighted by atomic mass is 9.98. The van der Waals surface area contributed by atoms with Crippen LogP contribution >= 0.6 is 0 Å². The topological polar surface area (TPSA) is 42.2 Å². The van der Waals surface area contributed by atoms with Crippen LogP contribution in [0.4, 0.5) is 0 Å². The molecule has 0 aromatic heterocycles. The van der Waals surface area contributed by atoms with Gasteiger partial charge in [-0.05, 0) is 54.5 Å². The van der Waals surface area contributed by atoms with E-state index in [0.717, 1.165) is 33.4 Å². The summed E-state index contributed by atoms with van der Waals surface area (Å²) in [7, 11) is 0. The van der Waals surface area contributed by atoms with Gasteiger partial charge in [0.1, 0.15) is 11.5 Å². The molecular weight excluding hydrogens is 322 g/mol. The molecule has 0 saturated carbocycles. The van der Waals surface area contributed by atoms with Gasteiger partial charge in [0.15, 0.2) is 0 Å². The molecule has 0 aliphatic heterocycles. The molecule has 0 radical (unpaired) electrons. The predicted molar refractivity (Wildman–Crippen MR) is 106 cm³/mol. The summed E-state index contributed by atoms with van der Waals surface area (Å²) < 4.78 is 11.5. The maximum Gasteiger partial charge on any atom is 0.127 e. The fraction of sp³-hybridized carbons (Fsp3) is 0.174. The quantitative estimate of drug-likeness (QED) is 0.426. The van der Waals surface area contributed by atoms with E-state index in [9.17, 15) is 5.26 Å². The molecule has 3 aromatic rings. The van der Waals surface area contributed by atoms with Crippen LogP contribution in [0.1, 0.15) is 25.0 Å². The second-order valence-corrected chi connectivity index (χ2v) is 5.76. The molecule has 3 nitrogen and oxygen atoms in total. The number of nitrogens with zero attached hydrogens (tertiary/aromatic N) is 1. The zero-order valence-corrected chi connectivity index (χ0v) is 15.0. The van der Waals surface area contributed by atoms with Gasteiger partial charge in [0.25, 0.3) is 0 Å². The largest absolute Gasteiger partial charge is 0.494 e. The molecule has 0 N–H and O–H groups in total. The maximum absolute atomic E-state index is 9.69. The molecule has 3 heteroatoms. The fourth-order valence-corrected chi connectivity index (χ4v) is 2.93. The van der Waals surface area contributed by atoms with Crippen LogP contribution in [0.2, 0.25) is 0 Å². The van der Waals surface area contributed by atoms with Crippen LogP contribution in [0.25, 0.3) is 22.4 Å². The number of nitriles is 1. The van der Waals surface area contributed by atoms with Crippen molar-refractivity contribution in [3.63, 3.8) is 0 Å². The average Bonchev–Trinajstić information content (AvgIpc) is 2.68. The number of rotatable bonds is 6. The third-order valence-corrected chi connectivity index (χ3v) is 4.10. The Bertz CT molecular complexity index is 963. The van der Waals surface area contributed by atoms with Crippen molar-refractivity contribution in [3.05, 3.63) is 71.8 Å². The SMILES string of the molecule is CCOc1ccc2ccc(OCC)c(/C=C(\C#N)c3ccccc3)c2c1. The summed E-state index contributed by atoms with van der Waals surface area (Å²) in [5.74, 6) is 1.57. The highest BCUT2D eigenvalue weighted by Crippen LogP contribution is 2.34. The molecule has 0 aliphatic carbocycles. The lowest BCUT2D eigenvalue weighted by Crippen LogP contribution is -1.96. The Labute approximate surface area is 154 Å². The van der Waals surface area contributed by atoms with Crippen LogP contribution in [-0.4, -0.2) is 13.2 Å². The van der Waals surface area contributed by atoms with Gasteiger partial charge in [-0.25, -0.2) is 0 Å². The third kappa shape index (κ3) is 3.70. The molecule has 0 fully saturated rings. The first kappa shape index (κ1) is 17.6. The normalized spacial score (nSPS) is 11.2. The van der Waals surface area contributed by atoms with Gasteiger partial charge in [-0.2, -0.15) is 5.26 Å². The van der Waals surface area contributed by atoms with Crippen molar-refractivity contribution in [2.45, 2.75) is 13.8 Å². The van der Waals surface area contributed by atoms with Crippen LogP contribution in [0.15, 0.2) is 60.7 Å². The van der Waals surface area contributed by atoms with Crippen LogP contribution in [0.5, 0.6) is 11.5 Å². The summed E-state index contributed by atoms with van der Waals surface area (Å²) in [5.41, 5.74) is 2.38.